The lowest BCUT2D eigenvalue weighted by atomic mass is 9.95. The van der Waals surface area contributed by atoms with E-state index in [1.165, 1.54) is 12.5 Å². The number of anilines is 1. The van der Waals surface area contributed by atoms with Crippen LogP contribution in [0, 0.1) is 6.92 Å². The van der Waals surface area contributed by atoms with Crippen molar-refractivity contribution in [1.82, 2.24) is 9.97 Å². The fraction of sp³-hybridized carbons (Fsp3) is 0.636. The van der Waals surface area contributed by atoms with Gasteiger partial charge in [-0.05, 0) is 26.2 Å². The zero-order chi connectivity index (χ0) is 11.1. The standard InChI is InChI=1S/C11H15N3O2/c1-6-12-10(5-11(15)13-6)14-8-4-7-2-3-9(8)16-7/h5,7-9H,2-4H2,1H3,(H2,12,13,14,15). The largest absolute Gasteiger partial charge is 0.373 e. The number of hydrogen-bond donors (Lipinski definition) is 2. The number of H-pyrrole nitrogens is 1. The number of ether oxygens (including phenoxy) is 1. The molecule has 1 aromatic rings. The first-order valence-electron chi connectivity index (χ1n) is 5.71. The highest BCUT2D eigenvalue weighted by atomic mass is 16.5. The Morgan fingerprint density at radius 3 is 3.06 bits per heavy atom. The van der Waals surface area contributed by atoms with Crippen LogP contribution in [0.15, 0.2) is 10.9 Å². The summed E-state index contributed by atoms with van der Waals surface area (Å²) in [6.45, 7) is 1.78. The van der Waals surface area contributed by atoms with Gasteiger partial charge in [0.15, 0.2) is 0 Å². The van der Waals surface area contributed by atoms with E-state index in [2.05, 4.69) is 15.3 Å². The topological polar surface area (TPSA) is 67.0 Å². The molecule has 5 heteroatoms. The normalized spacial score (nSPS) is 31.9. The summed E-state index contributed by atoms with van der Waals surface area (Å²) >= 11 is 0. The number of nitrogens with one attached hydrogen (secondary N) is 2. The fourth-order valence-corrected chi connectivity index (χ4v) is 2.63. The molecule has 2 saturated heterocycles. The Labute approximate surface area is 93.2 Å². The fourth-order valence-electron chi connectivity index (χ4n) is 2.63. The number of rotatable bonds is 2. The summed E-state index contributed by atoms with van der Waals surface area (Å²) in [5.74, 6) is 1.29. The molecule has 0 spiro atoms. The lowest BCUT2D eigenvalue weighted by molar-refractivity contribution is 0.102. The van der Waals surface area contributed by atoms with Crippen LogP contribution in [0.5, 0.6) is 0 Å². The Hall–Kier alpha value is -1.36. The molecule has 2 aliphatic rings. The molecule has 0 aliphatic carbocycles. The zero-order valence-corrected chi connectivity index (χ0v) is 9.19. The van der Waals surface area contributed by atoms with Crippen molar-refractivity contribution < 1.29 is 4.74 Å². The predicted octanol–water partition coefficient (Wildman–Crippen LogP) is 0.810. The molecule has 16 heavy (non-hydrogen) atoms. The van der Waals surface area contributed by atoms with E-state index in [1.807, 2.05) is 0 Å². The van der Waals surface area contributed by atoms with Crippen LogP contribution >= 0.6 is 0 Å². The highest BCUT2D eigenvalue weighted by molar-refractivity contribution is 5.35. The second-order valence-electron chi connectivity index (χ2n) is 4.58. The Morgan fingerprint density at radius 2 is 2.44 bits per heavy atom. The Balaban J connectivity index is 1.77. The summed E-state index contributed by atoms with van der Waals surface area (Å²) in [6.07, 6.45) is 4.02. The predicted molar refractivity (Wildman–Crippen MR) is 59.5 cm³/mol. The molecular formula is C11H15N3O2. The zero-order valence-electron chi connectivity index (χ0n) is 9.19. The summed E-state index contributed by atoms with van der Waals surface area (Å²) in [4.78, 5) is 18.2. The number of aromatic amines is 1. The van der Waals surface area contributed by atoms with Gasteiger partial charge in [0.1, 0.15) is 11.6 Å². The molecule has 0 radical (unpaired) electrons. The lowest BCUT2D eigenvalue weighted by Gasteiger charge is -2.20. The molecule has 1 aromatic heterocycles. The van der Waals surface area contributed by atoms with Gasteiger partial charge in [-0.25, -0.2) is 4.98 Å². The monoisotopic (exact) mass is 221 g/mol. The maximum Gasteiger partial charge on any atom is 0.252 e. The first kappa shape index (κ1) is 9.84. The van der Waals surface area contributed by atoms with E-state index in [4.69, 9.17) is 4.74 Å². The number of aromatic nitrogens is 2. The maximum absolute atomic E-state index is 11.3. The number of aryl methyl sites for hydroxylation is 1. The molecule has 5 nitrogen and oxygen atoms in total. The van der Waals surface area contributed by atoms with E-state index in [9.17, 15) is 4.79 Å². The Bertz CT molecular complexity index is 457. The number of fused-ring (bicyclic) bond motifs is 2. The van der Waals surface area contributed by atoms with E-state index in [0.717, 1.165) is 12.8 Å². The third-order valence-corrected chi connectivity index (χ3v) is 3.30. The van der Waals surface area contributed by atoms with Crippen LogP contribution in [0.25, 0.3) is 0 Å². The van der Waals surface area contributed by atoms with Gasteiger partial charge in [-0.1, -0.05) is 0 Å². The molecule has 3 rings (SSSR count). The number of hydrogen-bond acceptors (Lipinski definition) is 4. The summed E-state index contributed by atoms with van der Waals surface area (Å²) in [5, 5.41) is 3.30. The summed E-state index contributed by atoms with van der Waals surface area (Å²) < 4.78 is 5.74. The first-order chi connectivity index (χ1) is 7.70. The van der Waals surface area contributed by atoms with Gasteiger partial charge in [-0.2, -0.15) is 0 Å². The van der Waals surface area contributed by atoms with Gasteiger partial charge in [0.2, 0.25) is 0 Å². The molecule has 0 aromatic carbocycles. The van der Waals surface area contributed by atoms with Crippen molar-refractivity contribution in [3.8, 4) is 0 Å². The van der Waals surface area contributed by atoms with Crippen LogP contribution in [0.3, 0.4) is 0 Å². The van der Waals surface area contributed by atoms with E-state index in [-0.39, 0.29) is 5.56 Å². The minimum Gasteiger partial charge on any atom is -0.373 e. The van der Waals surface area contributed by atoms with Gasteiger partial charge < -0.3 is 15.0 Å². The summed E-state index contributed by atoms with van der Waals surface area (Å²) in [6, 6.07) is 1.81. The molecular weight excluding hydrogens is 206 g/mol. The van der Waals surface area contributed by atoms with Crippen LogP contribution in [0.4, 0.5) is 5.82 Å². The second-order valence-corrected chi connectivity index (χ2v) is 4.58. The minimum atomic E-state index is -0.112. The highest BCUT2D eigenvalue weighted by Crippen LogP contribution is 2.35. The van der Waals surface area contributed by atoms with Crippen molar-refractivity contribution in [2.75, 3.05) is 5.32 Å². The smallest absolute Gasteiger partial charge is 0.252 e. The molecule has 2 aliphatic heterocycles. The van der Waals surface area contributed by atoms with E-state index < -0.39 is 0 Å². The van der Waals surface area contributed by atoms with Gasteiger partial charge in [-0.3, -0.25) is 4.79 Å². The average Bonchev–Trinajstić information content (AvgIpc) is 2.77. The van der Waals surface area contributed by atoms with E-state index in [0.29, 0.717) is 29.9 Å². The third kappa shape index (κ3) is 1.71. The van der Waals surface area contributed by atoms with Crippen LogP contribution in [-0.2, 0) is 4.74 Å². The van der Waals surface area contributed by atoms with Crippen LogP contribution in [0.1, 0.15) is 25.1 Å². The van der Waals surface area contributed by atoms with Gasteiger partial charge in [0.05, 0.1) is 18.2 Å². The molecule has 3 unspecified atom stereocenters. The van der Waals surface area contributed by atoms with E-state index >= 15 is 0 Å². The van der Waals surface area contributed by atoms with E-state index in [1.54, 1.807) is 6.92 Å². The molecule has 3 atom stereocenters. The molecule has 0 saturated carbocycles. The molecule has 86 valence electrons. The summed E-state index contributed by atoms with van der Waals surface area (Å²) in [7, 11) is 0. The molecule has 2 N–H and O–H groups in total. The van der Waals surface area contributed by atoms with Crippen molar-refractivity contribution in [2.24, 2.45) is 0 Å². The lowest BCUT2D eigenvalue weighted by Crippen LogP contribution is -2.31. The van der Waals surface area contributed by atoms with Gasteiger partial charge in [0, 0.05) is 6.07 Å². The maximum atomic E-state index is 11.3. The van der Waals surface area contributed by atoms with Gasteiger partial charge in [0.25, 0.3) is 5.56 Å². The van der Waals surface area contributed by atoms with Crippen LogP contribution < -0.4 is 10.9 Å². The van der Waals surface area contributed by atoms with Crippen molar-refractivity contribution in [1.29, 1.82) is 0 Å². The Kier molecular flexibility index (Phi) is 2.21. The van der Waals surface area contributed by atoms with Gasteiger partial charge >= 0.3 is 0 Å². The third-order valence-electron chi connectivity index (χ3n) is 3.30. The average molecular weight is 221 g/mol. The molecule has 2 bridgehead atoms. The molecule has 0 amide bonds. The van der Waals surface area contributed by atoms with Crippen molar-refractivity contribution >= 4 is 5.82 Å². The molecule has 3 heterocycles. The van der Waals surface area contributed by atoms with Crippen molar-refractivity contribution in [3.63, 3.8) is 0 Å². The van der Waals surface area contributed by atoms with Crippen LogP contribution in [0.2, 0.25) is 0 Å². The number of nitrogens with zero attached hydrogens (tertiary/aromatic N) is 1. The second kappa shape index (κ2) is 3.59. The molecule has 2 fully saturated rings. The van der Waals surface area contributed by atoms with Crippen LogP contribution in [-0.4, -0.2) is 28.2 Å². The van der Waals surface area contributed by atoms with Crippen molar-refractivity contribution in [3.05, 3.63) is 22.2 Å². The first-order valence-corrected chi connectivity index (χ1v) is 5.71. The van der Waals surface area contributed by atoms with Crippen molar-refractivity contribution in [2.45, 2.75) is 44.4 Å². The van der Waals surface area contributed by atoms with Gasteiger partial charge in [-0.15, -0.1) is 0 Å². The highest BCUT2D eigenvalue weighted by Gasteiger charge is 2.40. The quantitative estimate of drug-likeness (QED) is 0.775. The minimum absolute atomic E-state index is 0.112. The Morgan fingerprint density at radius 1 is 1.56 bits per heavy atom. The summed E-state index contributed by atoms with van der Waals surface area (Å²) in [5.41, 5.74) is -0.112. The SMILES string of the molecule is Cc1nc(NC2CC3CCC2O3)cc(=O)[nH]1.